The summed E-state index contributed by atoms with van der Waals surface area (Å²) in [7, 11) is 0. The van der Waals surface area contributed by atoms with Crippen LogP contribution in [0.25, 0.3) is 21.1 Å². The van der Waals surface area contributed by atoms with Crippen LogP contribution in [0.3, 0.4) is 0 Å². The predicted octanol–water partition coefficient (Wildman–Crippen LogP) is 5.50. The second kappa shape index (κ2) is 8.10. The zero-order valence-electron chi connectivity index (χ0n) is 17.8. The molecule has 0 aliphatic carbocycles. The summed E-state index contributed by atoms with van der Waals surface area (Å²) in [5.74, 6) is 1.65. The molecule has 2 bridgehead atoms. The lowest BCUT2D eigenvalue weighted by atomic mass is 9.89. The number of aliphatic hydroxyl groups is 1. The molecule has 4 heterocycles. The molecule has 2 aromatic carbocycles. The van der Waals surface area contributed by atoms with Gasteiger partial charge < -0.3 is 19.4 Å². The van der Waals surface area contributed by atoms with Crippen molar-refractivity contribution in [3.05, 3.63) is 59.7 Å². The third-order valence-corrected chi connectivity index (χ3v) is 8.39. The third-order valence-electron chi connectivity index (χ3n) is 7.11. The quantitative estimate of drug-likeness (QED) is 0.407. The summed E-state index contributed by atoms with van der Waals surface area (Å²) in [5.41, 5.74) is 0.800. The number of fused-ring (bicyclic) bond motifs is 4. The largest absolute Gasteiger partial charge is 0.508 e. The summed E-state index contributed by atoms with van der Waals surface area (Å²) in [6.45, 7) is 0.938. The number of hydrogen-bond donors (Lipinski definition) is 2. The zero-order chi connectivity index (χ0) is 21.7. The number of aromatic hydroxyl groups is 1. The van der Waals surface area contributed by atoms with Gasteiger partial charge in [-0.15, -0.1) is 11.3 Å². The molecule has 0 spiro atoms. The van der Waals surface area contributed by atoms with E-state index in [1.54, 1.807) is 12.3 Å². The normalized spacial score (nSPS) is 24.3. The van der Waals surface area contributed by atoms with Crippen LogP contribution in [-0.4, -0.2) is 46.5 Å². The molecule has 2 aliphatic rings. The molecule has 2 aromatic heterocycles. The van der Waals surface area contributed by atoms with Gasteiger partial charge in [0.2, 0.25) is 0 Å². The summed E-state index contributed by atoms with van der Waals surface area (Å²) in [4.78, 5) is 3.95. The van der Waals surface area contributed by atoms with E-state index >= 15 is 0 Å². The molecule has 4 aromatic rings. The van der Waals surface area contributed by atoms with Gasteiger partial charge in [0, 0.05) is 28.2 Å². The van der Waals surface area contributed by atoms with Gasteiger partial charge >= 0.3 is 0 Å². The number of thiophene rings is 1. The number of phenolic OH excluding ortho intramolecular Hbond substituents is 1. The Bertz CT molecular complexity index is 1230. The highest BCUT2D eigenvalue weighted by molar-refractivity contribution is 7.19. The van der Waals surface area contributed by atoms with Crippen LogP contribution < -0.4 is 4.74 Å². The number of furan rings is 1. The number of hydrogen-bond acceptors (Lipinski definition) is 6. The molecule has 5 nitrogen and oxygen atoms in total. The van der Waals surface area contributed by atoms with E-state index < -0.39 is 6.10 Å². The van der Waals surface area contributed by atoms with Gasteiger partial charge in [-0.3, -0.25) is 4.90 Å². The van der Waals surface area contributed by atoms with Gasteiger partial charge in [0.1, 0.15) is 29.8 Å². The molecule has 0 saturated carbocycles. The molecule has 2 fully saturated rings. The molecule has 6 heteroatoms. The number of benzene rings is 2. The first-order chi connectivity index (χ1) is 15.6. The highest BCUT2D eigenvalue weighted by Gasteiger charge is 2.42. The van der Waals surface area contributed by atoms with Gasteiger partial charge in [0.05, 0.1) is 11.6 Å². The second-order valence-corrected chi connectivity index (χ2v) is 10.3. The molecule has 0 amide bonds. The minimum Gasteiger partial charge on any atom is -0.508 e. The Morgan fingerprint density at radius 3 is 2.78 bits per heavy atom. The molecule has 2 aliphatic heterocycles. The van der Waals surface area contributed by atoms with Crippen molar-refractivity contribution in [1.82, 2.24) is 4.90 Å². The first-order valence-corrected chi connectivity index (χ1v) is 12.2. The van der Waals surface area contributed by atoms with Crippen molar-refractivity contribution in [1.29, 1.82) is 0 Å². The molecule has 0 radical (unpaired) electrons. The standard InChI is InChI=1S/C26H27NO4S/c28-20-6-7-25-17(12-20)13-26(32-25)16-10-18-4-5-19(11-16)27(18)14-21(29)15-31-24-3-1-2-23-22(24)8-9-30-23/h1-3,6-9,12-13,16,18-19,21,28-29H,4-5,10-11,14-15H2/t16?,18?,19?,21-/m0/s1. The van der Waals surface area contributed by atoms with Crippen molar-refractivity contribution in [2.45, 2.75) is 49.8 Å². The van der Waals surface area contributed by atoms with Crippen molar-refractivity contribution in [3.63, 3.8) is 0 Å². The SMILES string of the molecule is Oc1ccc2sc(C3CC4CCC(C3)N4C[C@H](O)COc3cccc4occc34)cc2c1. The van der Waals surface area contributed by atoms with E-state index in [9.17, 15) is 10.2 Å². The third kappa shape index (κ3) is 3.66. The monoisotopic (exact) mass is 449 g/mol. The van der Waals surface area contributed by atoms with Crippen LogP contribution in [0.4, 0.5) is 0 Å². The Hall–Kier alpha value is -2.54. The maximum absolute atomic E-state index is 10.7. The summed E-state index contributed by atoms with van der Waals surface area (Å²) in [5, 5.41) is 22.6. The maximum Gasteiger partial charge on any atom is 0.137 e. The maximum atomic E-state index is 10.7. The van der Waals surface area contributed by atoms with E-state index in [1.807, 2.05) is 47.7 Å². The molecule has 2 N–H and O–H groups in total. The van der Waals surface area contributed by atoms with E-state index in [1.165, 1.54) is 22.4 Å². The van der Waals surface area contributed by atoms with E-state index in [4.69, 9.17) is 9.15 Å². The van der Waals surface area contributed by atoms with Gasteiger partial charge in [-0.1, -0.05) is 6.07 Å². The first kappa shape index (κ1) is 20.1. The van der Waals surface area contributed by atoms with Crippen molar-refractivity contribution < 1.29 is 19.4 Å². The minimum atomic E-state index is -0.524. The Balaban J connectivity index is 1.10. The number of ether oxygens (including phenoxy) is 1. The molecular weight excluding hydrogens is 422 g/mol. The molecule has 3 atom stereocenters. The lowest BCUT2D eigenvalue weighted by Crippen LogP contribution is -2.47. The topological polar surface area (TPSA) is 66.1 Å². The first-order valence-electron chi connectivity index (χ1n) is 11.4. The fourth-order valence-electron chi connectivity index (χ4n) is 5.63. The summed E-state index contributed by atoms with van der Waals surface area (Å²) >= 11 is 1.86. The average molecular weight is 450 g/mol. The number of piperidine rings is 1. The van der Waals surface area contributed by atoms with Crippen LogP contribution in [0.5, 0.6) is 11.5 Å². The van der Waals surface area contributed by atoms with Crippen molar-refractivity contribution in [3.8, 4) is 11.5 Å². The summed E-state index contributed by atoms with van der Waals surface area (Å²) in [6, 6.07) is 16.6. The van der Waals surface area contributed by atoms with Crippen LogP contribution in [0.15, 0.2) is 59.2 Å². The fourth-order valence-corrected chi connectivity index (χ4v) is 6.80. The van der Waals surface area contributed by atoms with Crippen molar-refractivity contribution in [2.24, 2.45) is 0 Å². The molecule has 6 rings (SSSR count). The van der Waals surface area contributed by atoms with E-state index in [2.05, 4.69) is 11.0 Å². The second-order valence-electron chi connectivity index (χ2n) is 9.17. The fraction of sp³-hybridized carbons (Fsp3) is 0.385. The van der Waals surface area contributed by atoms with Gasteiger partial charge in [-0.25, -0.2) is 0 Å². The van der Waals surface area contributed by atoms with Crippen LogP contribution in [0, 0.1) is 0 Å². The van der Waals surface area contributed by atoms with Gasteiger partial charge in [0.15, 0.2) is 0 Å². The summed E-state index contributed by atoms with van der Waals surface area (Å²) in [6.07, 6.45) is 5.82. The van der Waals surface area contributed by atoms with Gasteiger partial charge in [-0.05, 0) is 79.5 Å². The Labute approximate surface area is 190 Å². The van der Waals surface area contributed by atoms with Crippen LogP contribution >= 0.6 is 11.3 Å². The molecule has 2 unspecified atom stereocenters. The number of nitrogens with zero attached hydrogens (tertiary/aromatic N) is 1. The average Bonchev–Trinajstić information content (AvgIpc) is 3.48. The van der Waals surface area contributed by atoms with Gasteiger partial charge in [0.25, 0.3) is 0 Å². The highest BCUT2D eigenvalue weighted by atomic mass is 32.1. The lowest BCUT2D eigenvalue weighted by Gasteiger charge is -2.39. The van der Waals surface area contributed by atoms with Crippen molar-refractivity contribution >= 4 is 32.4 Å². The summed E-state index contributed by atoms with van der Waals surface area (Å²) < 4.78 is 12.6. The zero-order valence-corrected chi connectivity index (χ0v) is 18.6. The predicted molar refractivity (Wildman–Crippen MR) is 127 cm³/mol. The number of phenols is 1. The minimum absolute atomic E-state index is 0.281. The molecule has 166 valence electrons. The Morgan fingerprint density at radius 2 is 1.94 bits per heavy atom. The number of aliphatic hydroxyl groups excluding tert-OH is 1. The lowest BCUT2D eigenvalue weighted by molar-refractivity contribution is 0.0323. The molecule has 2 saturated heterocycles. The van der Waals surface area contributed by atoms with Crippen LogP contribution in [-0.2, 0) is 0 Å². The molecule has 32 heavy (non-hydrogen) atoms. The number of rotatable bonds is 6. The highest BCUT2D eigenvalue weighted by Crippen LogP contribution is 2.46. The van der Waals surface area contributed by atoms with Crippen LogP contribution in [0.1, 0.15) is 36.5 Å². The van der Waals surface area contributed by atoms with E-state index in [-0.39, 0.29) is 6.61 Å². The van der Waals surface area contributed by atoms with Gasteiger partial charge in [-0.2, -0.15) is 0 Å². The van der Waals surface area contributed by atoms with Crippen LogP contribution in [0.2, 0.25) is 0 Å². The van der Waals surface area contributed by atoms with E-state index in [0.717, 1.165) is 34.9 Å². The smallest absolute Gasteiger partial charge is 0.137 e. The van der Waals surface area contributed by atoms with E-state index in [0.29, 0.717) is 30.3 Å². The Morgan fingerprint density at radius 1 is 1.09 bits per heavy atom. The van der Waals surface area contributed by atoms with Crippen molar-refractivity contribution in [2.75, 3.05) is 13.2 Å². The Kier molecular flexibility index (Phi) is 5.09. The molecular formula is C26H27NO4S.